The summed E-state index contributed by atoms with van der Waals surface area (Å²) in [6.45, 7) is 4.00. The first-order valence-corrected chi connectivity index (χ1v) is 4.15. The summed E-state index contributed by atoms with van der Waals surface area (Å²) in [6, 6.07) is 0. The van der Waals surface area contributed by atoms with Crippen LogP contribution in [0.15, 0.2) is 0 Å². The Morgan fingerprint density at radius 2 is 0.667 bits per heavy atom. The molecule has 0 radical (unpaired) electrons. The van der Waals surface area contributed by atoms with Crippen molar-refractivity contribution in [1.82, 2.24) is 0 Å². The maximum atomic E-state index is 4.94. The molecule has 2 aliphatic heterocycles. The monoisotopic (exact) mass is 332 g/mol. The van der Waals surface area contributed by atoms with Crippen LogP contribution >= 0.6 is 0 Å². The van der Waals surface area contributed by atoms with Crippen LogP contribution < -0.4 is 49.6 Å². The first-order valence-electron chi connectivity index (χ1n) is 4.15. The van der Waals surface area contributed by atoms with Crippen LogP contribution in [0.25, 0.3) is 0 Å². The predicted octanol–water partition coefficient (Wildman–Crippen LogP) is -10.4. The third kappa shape index (κ3) is 21.6. The third-order valence-electron chi connectivity index (χ3n) is 1.65. The van der Waals surface area contributed by atoms with E-state index in [0.29, 0.717) is 0 Å². The maximum Gasteiger partial charge on any atom is 2.00 e. The van der Waals surface area contributed by atoms with E-state index in [-0.39, 0.29) is 71.3 Å². The van der Waals surface area contributed by atoms with Gasteiger partial charge in [0.1, 0.15) is 0 Å². The maximum absolute atomic E-state index is 4.94. The van der Waals surface area contributed by atoms with E-state index in [2.05, 4.69) is 0 Å². The van der Waals surface area contributed by atoms with Gasteiger partial charge in [0, 0.05) is 26.4 Å². The van der Waals surface area contributed by atoms with Gasteiger partial charge in [0.05, 0.1) is 0 Å². The van der Waals surface area contributed by atoms with Crippen LogP contribution in [0.3, 0.4) is 0 Å². The van der Waals surface area contributed by atoms with Crippen LogP contribution in [-0.2, 0) is 31.2 Å². The molecule has 2 aliphatic rings. The quantitative estimate of drug-likeness (QED) is 0.410. The third-order valence-corrected chi connectivity index (χ3v) is 1.65. The first-order chi connectivity index (χ1) is 5.00. The average Bonchev–Trinajstić information content (AvgIpc) is 2.67. The van der Waals surface area contributed by atoms with E-state index in [9.17, 15) is 0 Å². The summed E-state index contributed by atoms with van der Waals surface area (Å²) in [5.74, 6) is 0. The van der Waals surface area contributed by atoms with Gasteiger partial charge in [-0.1, -0.05) is 0 Å². The van der Waals surface area contributed by atoms with Crippen LogP contribution in [-0.4, -0.2) is 26.4 Å². The van der Waals surface area contributed by atoms with Crippen molar-refractivity contribution in [2.75, 3.05) is 26.4 Å². The zero-order valence-electron chi connectivity index (χ0n) is 8.49. The standard InChI is InChI=1S/2C4H8O.4ClH.Ti/c2*1-2-4-5-3-1;;;;;/h2*1-4H2;4*1H;/q;;;;;;+2/p-4. The molecule has 0 aromatic carbocycles. The second-order valence-corrected chi connectivity index (χ2v) is 2.64. The molecular formula is C8H16Cl4O2Ti-2. The van der Waals surface area contributed by atoms with Crippen molar-refractivity contribution in [2.24, 2.45) is 0 Å². The normalized spacial score (nSPS) is 16.0. The second-order valence-electron chi connectivity index (χ2n) is 2.64. The first kappa shape index (κ1) is 30.1. The number of hydrogen-bond donors (Lipinski definition) is 0. The van der Waals surface area contributed by atoms with Crippen LogP contribution in [0.4, 0.5) is 0 Å². The molecule has 0 atom stereocenters. The summed E-state index contributed by atoms with van der Waals surface area (Å²) in [5.41, 5.74) is 0. The van der Waals surface area contributed by atoms with Gasteiger partial charge in [0.2, 0.25) is 0 Å². The van der Waals surface area contributed by atoms with E-state index in [1.807, 2.05) is 0 Å². The molecule has 0 spiro atoms. The van der Waals surface area contributed by atoms with Gasteiger partial charge < -0.3 is 59.1 Å². The molecule has 2 fully saturated rings. The predicted molar refractivity (Wildman–Crippen MR) is 40.1 cm³/mol. The van der Waals surface area contributed by atoms with Gasteiger partial charge in [0.25, 0.3) is 0 Å². The largest absolute Gasteiger partial charge is 2.00 e. The van der Waals surface area contributed by atoms with Crippen LogP contribution in [0.2, 0.25) is 0 Å². The Kier molecular flexibility index (Phi) is 49.9. The molecule has 2 rings (SSSR count). The van der Waals surface area contributed by atoms with Gasteiger partial charge in [-0.2, -0.15) is 0 Å². The Morgan fingerprint density at radius 3 is 0.733 bits per heavy atom. The molecule has 0 amide bonds. The van der Waals surface area contributed by atoms with Crippen molar-refractivity contribution in [3.8, 4) is 0 Å². The molecule has 7 heteroatoms. The van der Waals surface area contributed by atoms with Gasteiger partial charge in [-0.3, -0.25) is 0 Å². The van der Waals surface area contributed by atoms with E-state index in [1.165, 1.54) is 25.7 Å². The van der Waals surface area contributed by atoms with Gasteiger partial charge in [-0.05, 0) is 25.7 Å². The zero-order valence-corrected chi connectivity index (χ0v) is 13.1. The van der Waals surface area contributed by atoms with Crippen molar-refractivity contribution < 1.29 is 80.8 Å². The van der Waals surface area contributed by atoms with Gasteiger partial charge >= 0.3 is 21.7 Å². The fraction of sp³-hybridized carbons (Fsp3) is 1.00. The number of halogens is 4. The van der Waals surface area contributed by atoms with Crippen molar-refractivity contribution in [2.45, 2.75) is 25.7 Å². The molecule has 15 heavy (non-hydrogen) atoms. The molecule has 0 N–H and O–H groups in total. The van der Waals surface area contributed by atoms with Crippen molar-refractivity contribution in [1.29, 1.82) is 0 Å². The Labute approximate surface area is 132 Å². The van der Waals surface area contributed by atoms with Crippen LogP contribution in [0, 0.1) is 0 Å². The van der Waals surface area contributed by atoms with E-state index in [4.69, 9.17) is 9.47 Å². The smallest absolute Gasteiger partial charge is 1.00 e. The molecule has 0 bridgehead atoms. The van der Waals surface area contributed by atoms with Gasteiger partial charge in [-0.15, -0.1) is 0 Å². The Hall–Kier alpha value is 1.79. The number of hydrogen-bond acceptors (Lipinski definition) is 2. The minimum atomic E-state index is 0. The second kappa shape index (κ2) is 24.9. The van der Waals surface area contributed by atoms with E-state index in [0.717, 1.165) is 26.4 Å². The molecule has 2 nitrogen and oxygen atoms in total. The minimum Gasteiger partial charge on any atom is -1.00 e. The molecule has 2 heterocycles. The van der Waals surface area contributed by atoms with E-state index >= 15 is 0 Å². The molecular weight excluding hydrogens is 318 g/mol. The van der Waals surface area contributed by atoms with Gasteiger partial charge in [0.15, 0.2) is 0 Å². The molecule has 0 aromatic rings. The fourth-order valence-corrected chi connectivity index (χ4v) is 1.02. The summed E-state index contributed by atoms with van der Waals surface area (Å²) in [6.07, 6.45) is 5.11. The molecule has 0 saturated carbocycles. The summed E-state index contributed by atoms with van der Waals surface area (Å²) in [5, 5.41) is 0. The van der Waals surface area contributed by atoms with Crippen LogP contribution in [0.5, 0.6) is 0 Å². The summed E-state index contributed by atoms with van der Waals surface area (Å²) in [4.78, 5) is 0. The molecule has 0 unspecified atom stereocenters. The Bertz CT molecular complexity index is 57.8. The minimum absolute atomic E-state index is 0. The molecule has 94 valence electrons. The summed E-state index contributed by atoms with van der Waals surface area (Å²) < 4.78 is 9.89. The van der Waals surface area contributed by atoms with E-state index < -0.39 is 0 Å². The Balaban J connectivity index is -0.0000000333. The number of ether oxygens (including phenoxy) is 2. The average molecular weight is 334 g/mol. The molecule has 0 aromatic heterocycles. The molecule has 2 saturated heterocycles. The van der Waals surface area contributed by atoms with Crippen LogP contribution in [0.1, 0.15) is 25.7 Å². The number of rotatable bonds is 0. The van der Waals surface area contributed by atoms with Crippen molar-refractivity contribution in [3.05, 3.63) is 0 Å². The molecule has 0 aliphatic carbocycles. The Morgan fingerprint density at radius 1 is 0.467 bits per heavy atom. The van der Waals surface area contributed by atoms with E-state index in [1.54, 1.807) is 0 Å². The zero-order chi connectivity index (χ0) is 7.07. The topological polar surface area (TPSA) is 18.5 Å². The van der Waals surface area contributed by atoms with Gasteiger partial charge in [-0.25, -0.2) is 0 Å². The fourth-order valence-electron chi connectivity index (χ4n) is 1.02. The SMILES string of the molecule is C1CCOC1.C1CCOC1.[Cl-].[Cl-].[Cl-].[Cl-].[Ti+2]. The van der Waals surface area contributed by atoms with Crippen molar-refractivity contribution >= 4 is 0 Å². The summed E-state index contributed by atoms with van der Waals surface area (Å²) >= 11 is 0. The summed E-state index contributed by atoms with van der Waals surface area (Å²) in [7, 11) is 0. The van der Waals surface area contributed by atoms with Crippen molar-refractivity contribution in [3.63, 3.8) is 0 Å².